The quantitative estimate of drug-likeness (QED) is 0.745. The molecule has 0 unspecified atom stereocenters. The van der Waals surface area contributed by atoms with E-state index >= 15 is 0 Å². The molecule has 0 aliphatic heterocycles. The van der Waals surface area contributed by atoms with Crippen molar-refractivity contribution in [1.82, 2.24) is 14.9 Å². The third-order valence-corrected chi connectivity index (χ3v) is 3.97. The van der Waals surface area contributed by atoms with Gasteiger partial charge in [0.05, 0.1) is 10.9 Å². The largest absolute Gasteiger partial charge is 0.506 e. The lowest BCUT2D eigenvalue weighted by Crippen LogP contribution is -2.36. The molecule has 0 saturated carbocycles. The minimum absolute atomic E-state index is 0.0442. The van der Waals surface area contributed by atoms with Gasteiger partial charge < -0.3 is 20.1 Å². The molecule has 0 aliphatic rings. The molecule has 2 heterocycles. The van der Waals surface area contributed by atoms with Gasteiger partial charge in [-0.3, -0.25) is 19.4 Å². The van der Waals surface area contributed by atoms with Crippen LogP contribution in [0, 0.1) is 12.3 Å². The number of aliphatic carboxylic acids is 1. The first-order chi connectivity index (χ1) is 12.0. The number of aryl methyl sites for hydroxylation is 2. The average Bonchev–Trinajstić information content (AvgIpc) is 2.51. The molecule has 8 heteroatoms. The molecule has 8 nitrogen and oxygen atoms in total. The number of hydrogen-bond donors (Lipinski definition) is 3. The normalized spacial score (nSPS) is 11.5. The number of hydrogen-bond acceptors (Lipinski definition) is 5. The number of fused-ring (bicyclic) bond motifs is 1. The van der Waals surface area contributed by atoms with Gasteiger partial charge in [0.15, 0.2) is 0 Å². The summed E-state index contributed by atoms with van der Waals surface area (Å²) in [4.78, 5) is 40.0. The van der Waals surface area contributed by atoms with Crippen LogP contribution in [0.2, 0.25) is 0 Å². The maximum Gasteiger partial charge on any atom is 0.322 e. The molecule has 0 fully saturated rings. The standard InChI is InChI=1S/C18H23N3O5/c1-10-7-12-11(8-19-10)15(24)14(16(25)20-9-13(22)23)17(26)21(12)6-5-18(2,3)4/h7-8,24H,5-6,9H2,1-4H3,(H,20,25)(H,22,23). The highest BCUT2D eigenvalue weighted by Crippen LogP contribution is 2.27. The fourth-order valence-corrected chi connectivity index (χ4v) is 2.55. The van der Waals surface area contributed by atoms with Gasteiger partial charge in [-0.15, -0.1) is 0 Å². The van der Waals surface area contributed by atoms with Gasteiger partial charge in [0.2, 0.25) is 0 Å². The molecule has 0 spiro atoms. The van der Waals surface area contributed by atoms with Crippen molar-refractivity contribution in [2.45, 2.75) is 40.7 Å². The summed E-state index contributed by atoms with van der Waals surface area (Å²) >= 11 is 0. The number of nitrogens with one attached hydrogen (secondary N) is 1. The molecule has 140 valence electrons. The lowest BCUT2D eigenvalue weighted by molar-refractivity contribution is -0.135. The molecule has 0 atom stereocenters. The van der Waals surface area contributed by atoms with Gasteiger partial charge in [-0.25, -0.2) is 0 Å². The van der Waals surface area contributed by atoms with Crippen LogP contribution < -0.4 is 10.9 Å². The molecule has 0 saturated heterocycles. The maximum atomic E-state index is 12.9. The van der Waals surface area contributed by atoms with Crippen LogP contribution in [0.25, 0.3) is 10.9 Å². The number of carbonyl (C=O) groups is 2. The molecule has 3 N–H and O–H groups in total. The van der Waals surface area contributed by atoms with Gasteiger partial charge in [0.25, 0.3) is 11.5 Å². The van der Waals surface area contributed by atoms with E-state index in [2.05, 4.69) is 10.3 Å². The Hall–Kier alpha value is -2.90. The van der Waals surface area contributed by atoms with Crippen molar-refractivity contribution in [3.05, 3.63) is 33.9 Å². The lowest BCUT2D eigenvalue weighted by atomic mass is 9.92. The van der Waals surface area contributed by atoms with Crippen molar-refractivity contribution >= 4 is 22.8 Å². The Kier molecular flexibility index (Phi) is 5.34. The number of rotatable bonds is 5. The third kappa shape index (κ3) is 4.19. The topological polar surface area (TPSA) is 122 Å². The zero-order valence-electron chi connectivity index (χ0n) is 15.3. The van der Waals surface area contributed by atoms with Crippen LogP contribution in [0.3, 0.4) is 0 Å². The van der Waals surface area contributed by atoms with Crippen LogP contribution >= 0.6 is 0 Å². The van der Waals surface area contributed by atoms with Crippen LogP contribution in [0.4, 0.5) is 0 Å². The number of carbonyl (C=O) groups excluding carboxylic acids is 1. The molecule has 0 radical (unpaired) electrons. The predicted octanol–water partition coefficient (Wildman–Crippen LogP) is 1.66. The van der Waals surface area contributed by atoms with Crippen molar-refractivity contribution in [3.8, 4) is 5.75 Å². The van der Waals surface area contributed by atoms with Crippen molar-refractivity contribution in [1.29, 1.82) is 0 Å². The number of amides is 1. The predicted molar refractivity (Wildman–Crippen MR) is 96.4 cm³/mol. The Morgan fingerprint density at radius 2 is 1.96 bits per heavy atom. The summed E-state index contributed by atoms with van der Waals surface area (Å²) in [5, 5.41) is 21.5. The van der Waals surface area contributed by atoms with E-state index in [0.29, 0.717) is 24.2 Å². The van der Waals surface area contributed by atoms with Crippen molar-refractivity contribution in [2.24, 2.45) is 5.41 Å². The first-order valence-corrected chi connectivity index (χ1v) is 8.23. The molecule has 1 amide bonds. The fraction of sp³-hybridized carbons (Fsp3) is 0.444. The maximum absolute atomic E-state index is 12.9. The highest BCUT2D eigenvalue weighted by molar-refractivity contribution is 6.02. The first kappa shape index (κ1) is 19.4. The van der Waals surface area contributed by atoms with Crippen LogP contribution in [0.5, 0.6) is 5.75 Å². The van der Waals surface area contributed by atoms with Crippen molar-refractivity contribution in [3.63, 3.8) is 0 Å². The summed E-state index contributed by atoms with van der Waals surface area (Å²) in [5.74, 6) is -2.67. The van der Waals surface area contributed by atoms with Crippen LogP contribution in [0.15, 0.2) is 17.1 Å². The number of nitrogens with zero attached hydrogens (tertiary/aromatic N) is 2. The molecule has 2 aromatic heterocycles. The van der Waals surface area contributed by atoms with Gasteiger partial charge in [-0.1, -0.05) is 20.8 Å². The van der Waals surface area contributed by atoms with Crippen LogP contribution in [-0.4, -0.2) is 38.2 Å². The smallest absolute Gasteiger partial charge is 0.322 e. The van der Waals surface area contributed by atoms with E-state index < -0.39 is 35.3 Å². The second kappa shape index (κ2) is 7.15. The fourth-order valence-electron chi connectivity index (χ4n) is 2.55. The van der Waals surface area contributed by atoms with E-state index in [-0.39, 0.29) is 10.8 Å². The number of pyridine rings is 2. The van der Waals surface area contributed by atoms with E-state index in [0.717, 1.165) is 0 Å². The molecular weight excluding hydrogens is 338 g/mol. The van der Waals surface area contributed by atoms with Crippen LogP contribution in [0.1, 0.15) is 43.2 Å². The molecule has 2 rings (SSSR count). The summed E-state index contributed by atoms with van der Waals surface area (Å²) in [6.45, 7) is 7.57. The van der Waals surface area contributed by atoms with Gasteiger partial charge in [0.1, 0.15) is 17.9 Å². The second-order valence-corrected chi connectivity index (χ2v) is 7.41. The molecule has 0 aromatic carbocycles. The second-order valence-electron chi connectivity index (χ2n) is 7.41. The Labute approximate surface area is 150 Å². The van der Waals surface area contributed by atoms with E-state index in [4.69, 9.17) is 5.11 Å². The Morgan fingerprint density at radius 3 is 2.54 bits per heavy atom. The molecule has 2 aromatic rings. The van der Waals surface area contributed by atoms with Gasteiger partial charge in [0, 0.05) is 18.4 Å². The SMILES string of the molecule is Cc1cc2c(cn1)c(O)c(C(=O)NCC(=O)O)c(=O)n2CCC(C)(C)C. The number of aromatic nitrogens is 2. The van der Waals surface area contributed by atoms with E-state index in [1.807, 2.05) is 20.8 Å². The summed E-state index contributed by atoms with van der Waals surface area (Å²) < 4.78 is 1.44. The summed E-state index contributed by atoms with van der Waals surface area (Å²) in [7, 11) is 0. The zero-order chi connectivity index (χ0) is 19.6. The number of carboxylic acids is 1. The minimum atomic E-state index is -1.25. The minimum Gasteiger partial charge on any atom is -0.506 e. The van der Waals surface area contributed by atoms with Gasteiger partial charge in [-0.2, -0.15) is 0 Å². The number of carboxylic acid groups (broad SMARTS) is 1. The van der Waals surface area contributed by atoms with Crippen molar-refractivity contribution < 1.29 is 19.8 Å². The van der Waals surface area contributed by atoms with Gasteiger partial charge in [-0.05, 0) is 24.8 Å². The monoisotopic (exact) mass is 361 g/mol. The molecule has 0 aliphatic carbocycles. The highest BCUT2D eigenvalue weighted by Gasteiger charge is 2.23. The van der Waals surface area contributed by atoms with E-state index in [1.165, 1.54) is 10.8 Å². The zero-order valence-corrected chi connectivity index (χ0v) is 15.3. The summed E-state index contributed by atoms with van der Waals surface area (Å²) in [5.41, 5.74) is -0.0220. The average molecular weight is 361 g/mol. The molecule has 26 heavy (non-hydrogen) atoms. The lowest BCUT2D eigenvalue weighted by Gasteiger charge is -2.21. The Morgan fingerprint density at radius 1 is 1.31 bits per heavy atom. The van der Waals surface area contributed by atoms with Crippen LogP contribution in [-0.2, 0) is 11.3 Å². The highest BCUT2D eigenvalue weighted by atomic mass is 16.4. The van der Waals surface area contributed by atoms with E-state index in [9.17, 15) is 19.5 Å². The molecule has 0 bridgehead atoms. The van der Waals surface area contributed by atoms with Gasteiger partial charge >= 0.3 is 5.97 Å². The first-order valence-electron chi connectivity index (χ1n) is 8.23. The summed E-state index contributed by atoms with van der Waals surface area (Å²) in [6, 6.07) is 1.68. The van der Waals surface area contributed by atoms with Crippen molar-refractivity contribution in [2.75, 3.05) is 6.54 Å². The van der Waals surface area contributed by atoms with E-state index in [1.54, 1.807) is 13.0 Å². The summed E-state index contributed by atoms with van der Waals surface area (Å²) in [6.07, 6.45) is 2.07. The Bertz CT molecular complexity index is 925. The number of aromatic hydroxyl groups is 1. The molecular formula is C18H23N3O5. The Balaban J connectivity index is 2.66. The third-order valence-electron chi connectivity index (χ3n) is 3.97.